The van der Waals surface area contributed by atoms with E-state index in [9.17, 15) is 22.8 Å². The lowest BCUT2D eigenvalue weighted by Crippen LogP contribution is -2.27. The van der Waals surface area contributed by atoms with Crippen molar-refractivity contribution in [3.8, 4) is 11.6 Å². The number of pyridine rings is 1. The number of carbonyl (C=O) groups excluding carboxylic acids is 1. The third kappa shape index (κ3) is 7.52. The van der Waals surface area contributed by atoms with Crippen molar-refractivity contribution in [1.29, 1.82) is 0 Å². The minimum Gasteiger partial charge on any atom is -0.482 e. The molecule has 1 amide bonds. The highest BCUT2D eigenvalue weighted by molar-refractivity contribution is 5.92. The van der Waals surface area contributed by atoms with Gasteiger partial charge in [0.05, 0.1) is 0 Å². The molecule has 0 bridgehead atoms. The fraction of sp³-hybridized carbons (Fsp3) is 0.278. The fourth-order valence-electron chi connectivity index (χ4n) is 2.09. The Morgan fingerprint density at radius 2 is 1.79 bits per heavy atom. The summed E-state index contributed by atoms with van der Waals surface area (Å²) in [4.78, 5) is 26.2. The number of halogens is 3. The highest BCUT2D eigenvalue weighted by Crippen LogP contribution is 2.17. The molecule has 0 unspecified atom stereocenters. The van der Waals surface area contributed by atoms with E-state index in [0.29, 0.717) is 12.2 Å². The molecule has 1 aromatic heterocycles. The zero-order chi connectivity index (χ0) is 20.6. The van der Waals surface area contributed by atoms with Gasteiger partial charge in [-0.3, -0.25) is 4.79 Å². The number of amides is 1. The molecule has 0 aliphatic heterocycles. The fourth-order valence-corrected chi connectivity index (χ4v) is 2.09. The van der Waals surface area contributed by atoms with Crippen molar-refractivity contribution in [2.45, 2.75) is 12.6 Å². The standard InChI is InChI=1S/C18H17F3N2O5/c19-18(20,21)11-28-15-3-1-2-14(23-15)17(26)22-9-8-12-4-6-13(7-5-12)27-10-16(24)25/h1-7H,8-11H2,(H,22,26)(H,24,25). The van der Waals surface area contributed by atoms with Crippen LogP contribution in [0.5, 0.6) is 11.6 Å². The summed E-state index contributed by atoms with van der Waals surface area (Å²) in [6.45, 7) is -1.66. The van der Waals surface area contributed by atoms with Crippen LogP contribution in [0, 0.1) is 0 Å². The van der Waals surface area contributed by atoms with Gasteiger partial charge in [-0.15, -0.1) is 0 Å². The van der Waals surface area contributed by atoms with Crippen molar-refractivity contribution in [2.24, 2.45) is 0 Å². The Morgan fingerprint density at radius 3 is 2.43 bits per heavy atom. The number of aliphatic carboxylic acids is 1. The van der Waals surface area contributed by atoms with Gasteiger partial charge in [0.1, 0.15) is 11.4 Å². The van der Waals surface area contributed by atoms with E-state index in [4.69, 9.17) is 9.84 Å². The van der Waals surface area contributed by atoms with Gasteiger partial charge in [-0.1, -0.05) is 18.2 Å². The molecule has 0 aliphatic rings. The second-order valence-electron chi connectivity index (χ2n) is 5.60. The molecule has 7 nitrogen and oxygen atoms in total. The molecule has 1 aromatic carbocycles. The van der Waals surface area contributed by atoms with E-state index in [1.807, 2.05) is 0 Å². The van der Waals surface area contributed by atoms with Gasteiger partial charge in [-0.05, 0) is 30.2 Å². The zero-order valence-electron chi connectivity index (χ0n) is 14.5. The van der Waals surface area contributed by atoms with Gasteiger partial charge < -0.3 is 19.9 Å². The van der Waals surface area contributed by atoms with Crippen LogP contribution in [-0.4, -0.2) is 47.9 Å². The summed E-state index contributed by atoms with van der Waals surface area (Å²) in [5.74, 6) is -1.50. The first-order valence-corrected chi connectivity index (χ1v) is 8.11. The highest BCUT2D eigenvalue weighted by Gasteiger charge is 2.28. The van der Waals surface area contributed by atoms with E-state index in [-0.39, 0.29) is 18.1 Å². The van der Waals surface area contributed by atoms with E-state index in [1.54, 1.807) is 24.3 Å². The van der Waals surface area contributed by atoms with Crippen molar-refractivity contribution in [3.63, 3.8) is 0 Å². The molecule has 0 fully saturated rings. The number of benzene rings is 1. The van der Waals surface area contributed by atoms with Gasteiger partial charge in [-0.25, -0.2) is 9.78 Å². The van der Waals surface area contributed by atoms with Crippen LogP contribution in [0.4, 0.5) is 13.2 Å². The van der Waals surface area contributed by atoms with E-state index in [0.717, 1.165) is 5.56 Å². The lowest BCUT2D eigenvalue weighted by atomic mass is 10.1. The number of nitrogens with one attached hydrogen (secondary N) is 1. The summed E-state index contributed by atoms with van der Waals surface area (Å²) in [6, 6.07) is 10.7. The molecule has 0 radical (unpaired) electrons. The number of rotatable bonds is 9. The number of ether oxygens (including phenoxy) is 2. The molecule has 1 heterocycles. The lowest BCUT2D eigenvalue weighted by Gasteiger charge is -2.10. The number of aromatic nitrogens is 1. The smallest absolute Gasteiger partial charge is 0.422 e. The molecule has 0 aliphatic carbocycles. The van der Waals surface area contributed by atoms with Crippen molar-refractivity contribution in [1.82, 2.24) is 10.3 Å². The third-order valence-electron chi connectivity index (χ3n) is 3.32. The quantitative estimate of drug-likeness (QED) is 0.674. The second kappa shape index (κ2) is 9.58. The topological polar surface area (TPSA) is 97.8 Å². The average Bonchev–Trinajstić information content (AvgIpc) is 2.65. The number of carboxylic acid groups (broad SMARTS) is 1. The van der Waals surface area contributed by atoms with Gasteiger partial charge >= 0.3 is 12.1 Å². The number of alkyl halides is 3. The molecule has 0 atom stereocenters. The first-order chi connectivity index (χ1) is 13.2. The molecule has 2 aromatic rings. The number of carboxylic acids is 1. The van der Waals surface area contributed by atoms with Crippen molar-refractivity contribution < 1.29 is 37.3 Å². The van der Waals surface area contributed by atoms with Crippen LogP contribution >= 0.6 is 0 Å². The van der Waals surface area contributed by atoms with Crippen LogP contribution in [-0.2, 0) is 11.2 Å². The third-order valence-corrected chi connectivity index (χ3v) is 3.32. The zero-order valence-corrected chi connectivity index (χ0v) is 14.5. The Morgan fingerprint density at radius 1 is 1.07 bits per heavy atom. The maximum Gasteiger partial charge on any atom is 0.422 e. The van der Waals surface area contributed by atoms with E-state index in [2.05, 4.69) is 15.0 Å². The number of nitrogens with zero attached hydrogens (tertiary/aromatic N) is 1. The first-order valence-electron chi connectivity index (χ1n) is 8.11. The van der Waals surface area contributed by atoms with Crippen LogP contribution in [0.2, 0.25) is 0 Å². The Kier molecular flexibility index (Phi) is 7.19. The van der Waals surface area contributed by atoms with Crippen LogP contribution in [0.3, 0.4) is 0 Å². The number of hydrogen-bond acceptors (Lipinski definition) is 5. The summed E-state index contributed by atoms with van der Waals surface area (Å²) in [7, 11) is 0. The van der Waals surface area contributed by atoms with Crippen molar-refractivity contribution in [3.05, 3.63) is 53.7 Å². The number of carbonyl (C=O) groups is 2. The lowest BCUT2D eigenvalue weighted by molar-refractivity contribution is -0.154. The molecular weight excluding hydrogens is 381 g/mol. The van der Waals surface area contributed by atoms with Gasteiger partial charge in [-0.2, -0.15) is 13.2 Å². The Bertz CT molecular complexity index is 810. The SMILES string of the molecule is O=C(O)COc1ccc(CCNC(=O)c2cccc(OCC(F)(F)F)n2)cc1. The Labute approximate surface area is 158 Å². The molecule has 2 rings (SSSR count). The van der Waals surface area contributed by atoms with Crippen LogP contribution in [0.15, 0.2) is 42.5 Å². The molecule has 150 valence electrons. The normalized spacial score (nSPS) is 11.0. The molecule has 0 spiro atoms. The summed E-state index contributed by atoms with van der Waals surface area (Å²) < 4.78 is 46.0. The maximum atomic E-state index is 12.2. The van der Waals surface area contributed by atoms with E-state index >= 15 is 0 Å². The molecule has 2 N–H and O–H groups in total. The van der Waals surface area contributed by atoms with Gasteiger partial charge in [0, 0.05) is 12.6 Å². The minimum absolute atomic E-state index is 0.0582. The van der Waals surface area contributed by atoms with E-state index in [1.165, 1.54) is 18.2 Å². The van der Waals surface area contributed by atoms with Gasteiger partial charge in [0.15, 0.2) is 13.2 Å². The molecule has 10 heteroatoms. The predicted octanol–water partition coefficient (Wildman–Crippen LogP) is 2.46. The monoisotopic (exact) mass is 398 g/mol. The summed E-state index contributed by atoms with van der Waals surface area (Å²) in [6.07, 6.45) is -4.01. The highest BCUT2D eigenvalue weighted by atomic mass is 19.4. The molecule has 0 saturated heterocycles. The largest absolute Gasteiger partial charge is 0.482 e. The Hall–Kier alpha value is -3.30. The number of hydrogen-bond donors (Lipinski definition) is 2. The Balaban J connectivity index is 1.81. The molecular formula is C18H17F3N2O5. The van der Waals surface area contributed by atoms with Gasteiger partial charge in [0.25, 0.3) is 5.91 Å². The first kappa shape index (κ1) is 21.0. The second-order valence-corrected chi connectivity index (χ2v) is 5.60. The summed E-state index contributed by atoms with van der Waals surface area (Å²) >= 11 is 0. The maximum absolute atomic E-state index is 12.2. The average molecular weight is 398 g/mol. The summed E-state index contributed by atoms with van der Waals surface area (Å²) in [5.41, 5.74) is 0.815. The van der Waals surface area contributed by atoms with Crippen molar-refractivity contribution >= 4 is 11.9 Å². The van der Waals surface area contributed by atoms with E-state index < -0.39 is 31.3 Å². The van der Waals surface area contributed by atoms with Crippen LogP contribution < -0.4 is 14.8 Å². The minimum atomic E-state index is -4.49. The van der Waals surface area contributed by atoms with Crippen molar-refractivity contribution in [2.75, 3.05) is 19.8 Å². The molecule has 28 heavy (non-hydrogen) atoms. The summed E-state index contributed by atoms with van der Waals surface area (Å²) in [5, 5.41) is 11.2. The molecule has 0 saturated carbocycles. The predicted molar refractivity (Wildman–Crippen MR) is 91.4 cm³/mol. The van der Waals surface area contributed by atoms with Crippen LogP contribution in [0.1, 0.15) is 16.1 Å². The van der Waals surface area contributed by atoms with Crippen LogP contribution in [0.25, 0.3) is 0 Å². The van der Waals surface area contributed by atoms with Gasteiger partial charge in [0.2, 0.25) is 5.88 Å².